The van der Waals surface area contributed by atoms with Crippen molar-refractivity contribution in [1.29, 1.82) is 0 Å². The van der Waals surface area contributed by atoms with Gasteiger partial charge in [-0.15, -0.1) is 0 Å². The highest BCUT2D eigenvalue weighted by atomic mass is 16.3. The fourth-order valence-corrected chi connectivity index (χ4v) is 2.34. The van der Waals surface area contributed by atoms with Crippen molar-refractivity contribution in [3.63, 3.8) is 0 Å². The molecule has 2 N–H and O–H groups in total. The second-order valence-electron chi connectivity index (χ2n) is 5.06. The number of rotatable bonds is 3. The van der Waals surface area contributed by atoms with E-state index in [1.165, 1.54) is 6.20 Å². The Kier molecular flexibility index (Phi) is 3.96. The molecule has 1 aromatic heterocycles. The van der Waals surface area contributed by atoms with Crippen LogP contribution in [-0.4, -0.2) is 70.1 Å². The van der Waals surface area contributed by atoms with E-state index in [1.54, 1.807) is 4.90 Å². The molecule has 104 valence electrons. The molecule has 0 radical (unpaired) electrons. The van der Waals surface area contributed by atoms with E-state index < -0.39 is 6.10 Å². The molecular formula is C12H18N4O3. The summed E-state index contributed by atoms with van der Waals surface area (Å²) in [6, 6.07) is -0.0359. The summed E-state index contributed by atoms with van der Waals surface area (Å²) < 4.78 is 0. The monoisotopic (exact) mass is 266 g/mol. The number of aromatic amines is 1. The van der Waals surface area contributed by atoms with Crippen molar-refractivity contribution in [2.24, 2.45) is 0 Å². The first-order valence-corrected chi connectivity index (χ1v) is 6.16. The van der Waals surface area contributed by atoms with Gasteiger partial charge in [-0.05, 0) is 20.5 Å². The van der Waals surface area contributed by atoms with Crippen molar-refractivity contribution in [1.82, 2.24) is 19.8 Å². The van der Waals surface area contributed by atoms with Crippen LogP contribution < -0.4 is 5.56 Å². The third kappa shape index (κ3) is 3.18. The summed E-state index contributed by atoms with van der Waals surface area (Å²) in [4.78, 5) is 33.1. The van der Waals surface area contributed by atoms with Crippen LogP contribution in [0.1, 0.15) is 16.9 Å². The second kappa shape index (κ2) is 5.50. The van der Waals surface area contributed by atoms with Crippen LogP contribution in [0.2, 0.25) is 0 Å². The second-order valence-corrected chi connectivity index (χ2v) is 5.06. The SMILES string of the molecule is CN(C)CC1CC(O)CN1C(=O)c1c[nH]c(=O)cn1. The molecule has 1 aromatic rings. The van der Waals surface area contributed by atoms with Crippen LogP contribution in [0.15, 0.2) is 17.2 Å². The highest BCUT2D eigenvalue weighted by Crippen LogP contribution is 2.20. The number of nitrogens with zero attached hydrogens (tertiary/aromatic N) is 3. The van der Waals surface area contributed by atoms with Crippen LogP contribution in [0, 0.1) is 0 Å². The number of hydrogen-bond donors (Lipinski definition) is 2. The van der Waals surface area contributed by atoms with E-state index in [2.05, 4.69) is 9.97 Å². The topological polar surface area (TPSA) is 89.5 Å². The predicted molar refractivity (Wildman–Crippen MR) is 68.9 cm³/mol. The van der Waals surface area contributed by atoms with E-state index in [1.807, 2.05) is 19.0 Å². The fourth-order valence-electron chi connectivity index (χ4n) is 2.34. The van der Waals surface area contributed by atoms with Gasteiger partial charge >= 0.3 is 0 Å². The van der Waals surface area contributed by atoms with Gasteiger partial charge in [-0.25, -0.2) is 4.98 Å². The van der Waals surface area contributed by atoms with Gasteiger partial charge in [-0.3, -0.25) is 9.59 Å². The van der Waals surface area contributed by atoms with Gasteiger partial charge in [0.2, 0.25) is 0 Å². The van der Waals surface area contributed by atoms with Gasteiger partial charge in [0.05, 0.1) is 12.3 Å². The molecule has 1 aliphatic rings. The van der Waals surface area contributed by atoms with Gasteiger partial charge in [0.1, 0.15) is 5.69 Å². The Morgan fingerprint density at radius 1 is 1.63 bits per heavy atom. The summed E-state index contributed by atoms with van der Waals surface area (Å²) >= 11 is 0. The maximum atomic E-state index is 12.3. The van der Waals surface area contributed by atoms with Crippen molar-refractivity contribution in [3.05, 3.63) is 28.4 Å². The average Bonchev–Trinajstić information content (AvgIpc) is 2.69. The number of carbonyl (C=O) groups excluding carboxylic acids is 1. The van der Waals surface area contributed by atoms with Crippen LogP contribution in [0.3, 0.4) is 0 Å². The Labute approximate surface area is 110 Å². The summed E-state index contributed by atoms with van der Waals surface area (Å²) in [6.45, 7) is 0.990. The molecule has 1 aliphatic heterocycles. The Morgan fingerprint density at radius 3 is 2.95 bits per heavy atom. The number of hydrogen-bond acceptors (Lipinski definition) is 5. The summed E-state index contributed by atoms with van der Waals surface area (Å²) in [5, 5.41) is 9.73. The Balaban J connectivity index is 2.16. The third-order valence-corrected chi connectivity index (χ3v) is 3.12. The van der Waals surface area contributed by atoms with Crippen molar-refractivity contribution in [3.8, 4) is 0 Å². The summed E-state index contributed by atoms with van der Waals surface area (Å²) in [7, 11) is 3.84. The zero-order chi connectivity index (χ0) is 14.0. The number of aromatic nitrogens is 2. The van der Waals surface area contributed by atoms with Gasteiger partial charge in [0.25, 0.3) is 11.5 Å². The summed E-state index contributed by atoms with van der Waals surface area (Å²) in [6.07, 6.45) is 2.45. The van der Waals surface area contributed by atoms with Crippen LogP contribution >= 0.6 is 0 Å². The van der Waals surface area contributed by atoms with Gasteiger partial charge in [0, 0.05) is 25.3 Å². The minimum Gasteiger partial charge on any atom is -0.391 e. The lowest BCUT2D eigenvalue weighted by Crippen LogP contribution is -2.41. The van der Waals surface area contributed by atoms with Crippen LogP contribution in [0.5, 0.6) is 0 Å². The molecule has 2 rings (SSSR count). The number of likely N-dealkylation sites (N-methyl/N-ethyl adjacent to an activating group) is 1. The molecule has 1 saturated heterocycles. The lowest BCUT2D eigenvalue weighted by molar-refractivity contribution is 0.0692. The number of carbonyl (C=O) groups is 1. The van der Waals surface area contributed by atoms with E-state index in [9.17, 15) is 14.7 Å². The van der Waals surface area contributed by atoms with Crippen LogP contribution in [0.4, 0.5) is 0 Å². The molecule has 2 atom stereocenters. The summed E-state index contributed by atoms with van der Waals surface area (Å²) in [5.74, 6) is -0.264. The molecule has 0 aromatic carbocycles. The molecule has 2 heterocycles. The minimum atomic E-state index is -0.503. The Morgan fingerprint density at radius 2 is 2.37 bits per heavy atom. The van der Waals surface area contributed by atoms with E-state index in [0.29, 0.717) is 19.5 Å². The highest BCUT2D eigenvalue weighted by Gasteiger charge is 2.35. The van der Waals surface area contributed by atoms with Crippen molar-refractivity contribution < 1.29 is 9.90 Å². The zero-order valence-electron chi connectivity index (χ0n) is 11.0. The third-order valence-electron chi connectivity index (χ3n) is 3.12. The molecule has 7 heteroatoms. The van der Waals surface area contributed by atoms with Gasteiger partial charge in [-0.1, -0.05) is 0 Å². The van der Waals surface area contributed by atoms with E-state index in [0.717, 1.165) is 6.20 Å². The van der Waals surface area contributed by atoms with Crippen LogP contribution in [0.25, 0.3) is 0 Å². The number of β-amino-alcohol motifs (C(OH)–C–C–N with tert-alkyl or cyclic N) is 1. The lowest BCUT2D eigenvalue weighted by atomic mass is 10.2. The normalized spacial score (nSPS) is 23.1. The first kappa shape index (κ1) is 13.7. The number of amides is 1. The van der Waals surface area contributed by atoms with Gasteiger partial charge in [-0.2, -0.15) is 0 Å². The zero-order valence-corrected chi connectivity index (χ0v) is 11.0. The van der Waals surface area contributed by atoms with Gasteiger partial charge in [0.15, 0.2) is 0 Å². The molecule has 19 heavy (non-hydrogen) atoms. The molecule has 0 spiro atoms. The molecule has 1 fully saturated rings. The van der Waals surface area contributed by atoms with E-state index >= 15 is 0 Å². The van der Waals surface area contributed by atoms with Crippen LogP contribution in [-0.2, 0) is 0 Å². The molecular weight excluding hydrogens is 248 g/mol. The first-order valence-electron chi connectivity index (χ1n) is 6.16. The molecule has 7 nitrogen and oxygen atoms in total. The molecule has 0 aliphatic carbocycles. The summed E-state index contributed by atoms with van der Waals surface area (Å²) in [5.41, 5.74) is -0.152. The van der Waals surface area contributed by atoms with Crippen molar-refractivity contribution in [2.75, 3.05) is 27.2 Å². The Hall–Kier alpha value is -1.73. The molecule has 2 unspecified atom stereocenters. The number of aliphatic hydroxyl groups excluding tert-OH is 1. The lowest BCUT2D eigenvalue weighted by Gasteiger charge is -2.26. The fraction of sp³-hybridized carbons (Fsp3) is 0.583. The molecule has 1 amide bonds. The standard InChI is InChI=1S/C12H18N4O3/c1-15(2)6-8-3-9(17)7-16(8)12(19)10-4-14-11(18)5-13-10/h4-5,8-9,17H,3,6-7H2,1-2H3,(H,14,18). The number of nitrogens with one attached hydrogen (secondary N) is 1. The number of aliphatic hydroxyl groups is 1. The van der Waals surface area contributed by atoms with Crippen molar-refractivity contribution in [2.45, 2.75) is 18.6 Å². The predicted octanol–water partition coefficient (Wildman–Crippen LogP) is -1.09. The average molecular weight is 266 g/mol. The number of H-pyrrole nitrogens is 1. The molecule has 0 saturated carbocycles. The first-order chi connectivity index (χ1) is 8.97. The van der Waals surface area contributed by atoms with E-state index in [4.69, 9.17) is 0 Å². The maximum absolute atomic E-state index is 12.3. The largest absolute Gasteiger partial charge is 0.391 e. The Bertz CT molecular complexity index is 493. The highest BCUT2D eigenvalue weighted by molar-refractivity contribution is 5.92. The number of likely N-dealkylation sites (tertiary alicyclic amines) is 1. The van der Waals surface area contributed by atoms with E-state index in [-0.39, 0.29) is 23.2 Å². The van der Waals surface area contributed by atoms with Crippen molar-refractivity contribution >= 4 is 5.91 Å². The smallest absolute Gasteiger partial charge is 0.274 e. The quantitative estimate of drug-likeness (QED) is 0.725. The minimum absolute atomic E-state index is 0.0359. The molecule has 0 bridgehead atoms. The maximum Gasteiger partial charge on any atom is 0.274 e. The van der Waals surface area contributed by atoms with Gasteiger partial charge < -0.3 is 19.9 Å².